The van der Waals surface area contributed by atoms with E-state index < -0.39 is 67.7 Å². The second-order valence-electron chi connectivity index (χ2n) is 8.61. The molecular formula is C25H22F4IN3O4S. The zero-order valence-corrected chi connectivity index (χ0v) is 22.6. The second kappa shape index (κ2) is 11.5. The van der Waals surface area contributed by atoms with Crippen LogP contribution in [-0.2, 0) is 21.2 Å². The van der Waals surface area contributed by atoms with Crippen LogP contribution in [0.1, 0.15) is 34.3 Å². The Balaban J connectivity index is 1.66. The smallest absolute Gasteiger partial charge is 0.250 e. The first-order valence-corrected chi connectivity index (χ1v) is 14.0. The highest BCUT2D eigenvalue weighted by atomic mass is 127. The van der Waals surface area contributed by atoms with Gasteiger partial charge in [-0.05, 0) is 76.9 Å². The van der Waals surface area contributed by atoms with E-state index in [0.717, 1.165) is 12.1 Å². The van der Waals surface area contributed by atoms with Crippen molar-refractivity contribution < 1.29 is 35.5 Å². The summed E-state index contributed by atoms with van der Waals surface area (Å²) in [6.45, 7) is 0.532. The van der Waals surface area contributed by atoms with Gasteiger partial charge in [-0.15, -0.1) is 0 Å². The molecule has 0 radical (unpaired) electrons. The number of rotatable bonds is 8. The minimum absolute atomic E-state index is 0.157. The van der Waals surface area contributed by atoms with Crippen molar-refractivity contribution in [3.8, 4) is 0 Å². The number of carbonyl (C=O) groups excluding carboxylic acids is 1. The van der Waals surface area contributed by atoms with Gasteiger partial charge in [0.15, 0.2) is 17.5 Å². The lowest BCUT2D eigenvalue weighted by atomic mass is 9.99. The van der Waals surface area contributed by atoms with Crippen molar-refractivity contribution in [3.63, 3.8) is 0 Å². The van der Waals surface area contributed by atoms with E-state index in [1.54, 1.807) is 0 Å². The van der Waals surface area contributed by atoms with Crippen molar-refractivity contribution >= 4 is 55.6 Å². The van der Waals surface area contributed by atoms with Gasteiger partial charge in [-0.1, -0.05) is 12.1 Å². The largest absolute Gasteiger partial charge is 0.381 e. The molecule has 1 fully saturated rings. The minimum Gasteiger partial charge on any atom is -0.381 e. The SMILES string of the molecule is NC(=O)c1cc(Cc2cccc(NS(=O)(=O)C3CCOCC3)c2F)c(F)c(F)c1Nc1ccc(I)cc1F. The number of halogens is 5. The van der Waals surface area contributed by atoms with Gasteiger partial charge in [0.05, 0.1) is 27.9 Å². The summed E-state index contributed by atoms with van der Waals surface area (Å²) in [4.78, 5) is 12.1. The summed E-state index contributed by atoms with van der Waals surface area (Å²) in [5, 5.41) is 1.61. The number of benzene rings is 3. The molecule has 202 valence electrons. The third-order valence-corrected chi connectivity index (χ3v) is 8.58. The van der Waals surface area contributed by atoms with E-state index >= 15 is 13.2 Å². The Morgan fingerprint density at radius 1 is 0.974 bits per heavy atom. The average Bonchev–Trinajstić information content (AvgIpc) is 2.87. The highest BCUT2D eigenvalue weighted by molar-refractivity contribution is 14.1. The van der Waals surface area contributed by atoms with Gasteiger partial charge in [0, 0.05) is 23.2 Å². The summed E-state index contributed by atoms with van der Waals surface area (Å²) in [7, 11) is -3.93. The van der Waals surface area contributed by atoms with Crippen LogP contribution in [0.5, 0.6) is 0 Å². The summed E-state index contributed by atoms with van der Waals surface area (Å²) in [6.07, 6.45) is -0.0209. The van der Waals surface area contributed by atoms with Crippen molar-refractivity contribution in [1.29, 1.82) is 0 Å². The first kappa shape index (κ1) is 28.1. The fraction of sp³-hybridized carbons (Fsp3) is 0.240. The lowest BCUT2D eigenvalue weighted by Gasteiger charge is -2.23. The lowest BCUT2D eigenvalue weighted by molar-refractivity contribution is 0.0984. The maximum atomic E-state index is 15.3. The summed E-state index contributed by atoms with van der Waals surface area (Å²) in [6, 6.07) is 8.76. The molecule has 3 aromatic carbocycles. The molecule has 0 saturated carbocycles. The van der Waals surface area contributed by atoms with E-state index in [9.17, 15) is 17.6 Å². The number of hydrogen-bond acceptors (Lipinski definition) is 5. The first-order valence-electron chi connectivity index (χ1n) is 11.4. The number of ether oxygens (including phenoxy) is 1. The number of carbonyl (C=O) groups is 1. The maximum absolute atomic E-state index is 15.3. The third-order valence-electron chi connectivity index (χ3n) is 6.06. The van der Waals surface area contributed by atoms with E-state index in [1.165, 1.54) is 30.3 Å². The average molecular weight is 663 g/mol. The summed E-state index contributed by atoms with van der Waals surface area (Å²) < 4.78 is 93.1. The Hall–Kier alpha value is -2.91. The summed E-state index contributed by atoms with van der Waals surface area (Å²) in [5.74, 6) is -5.79. The molecule has 0 aromatic heterocycles. The van der Waals surface area contributed by atoms with Gasteiger partial charge >= 0.3 is 0 Å². The van der Waals surface area contributed by atoms with E-state index in [1.807, 2.05) is 22.6 Å². The highest BCUT2D eigenvalue weighted by Gasteiger charge is 2.29. The molecule has 7 nitrogen and oxygen atoms in total. The number of amides is 1. The Bertz CT molecular complexity index is 1500. The highest BCUT2D eigenvalue weighted by Crippen LogP contribution is 2.32. The number of nitrogens with one attached hydrogen (secondary N) is 2. The van der Waals surface area contributed by atoms with Crippen molar-refractivity contribution in [2.24, 2.45) is 5.73 Å². The van der Waals surface area contributed by atoms with Gasteiger partial charge in [-0.25, -0.2) is 26.0 Å². The molecule has 1 saturated heterocycles. The van der Waals surface area contributed by atoms with Crippen LogP contribution >= 0.6 is 22.6 Å². The van der Waals surface area contributed by atoms with Gasteiger partial charge in [0.2, 0.25) is 10.0 Å². The molecule has 1 amide bonds. The number of hydrogen-bond donors (Lipinski definition) is 3. The zero-order valence-electron chi connectivity index (χ0n) is 19.7. The topological polar surface area (TPSA) is 111 Å². The van der Waals surface area contributed by atoms with Crippen LogP contribution in [0.3, 0.4) is 0 Å². The van der Waals surface area contributed by atoms with Crippen LogP contribution in [0.15, 0.2) is 42.5 Å². The molecule has 0 atom stereocenters. The van der Waals surface area contributed by atoms with Gasteiger partial charge < -0.3 is 15.8 Å². The molecule has 3 aromatic rings. The number of sulfonamides is 1. The monoisotopic (exact) mass is 663 g/mol. The Labute approximate surface area is 229 Å². The second-order valence-corrected chi connectivity index (χ2v) is 11.8. The third kappa shape index (κ3) is 6.04. The molecule has 13 heteroatoms. The van der Waals surface area contributed by atoms with Gasteiger partial charge in [0.1, 0.15) is 5.82 Å². The van der Waals surface area contributed by atoms with E-state index in [2.05, 4.69) is 10.0 Å². The van der Waals surface area contributed by atoms with Crippen molar-refractivity contribution in [3.05, 3.63) is 86.0 Å². The predicted molar refractivity (Wildman–Crippen MR) is 143 cm³/mol. The molecular weight excluding hydrogens is 641 g/mol. The molecule has 1 aliphatic rings. The fourth-order valence-corrected chi connectivity index (χ4v) is 5.97. The predicted octanol–water partition coefficient (Wildman–Crippen LogP) is 5.20. The number of nitrogens with two attached hydrogens (primary N) is 1. The molecule has 1 heterocycles. The Morgan fingerprint density at radius 3 is 2.34 bits per heavy atom. The van der Waals surface area contributed by atoms with E-state index in [0.29, 0.717) is 3.57 Å². The van der Waals surface area contributed by atoms with Gasteiger partial charge in [-0.3, -0.25) is 9.52 Å². The summed E-state index contributed by atoms with van der Waals surface area (Å²) in [5.41, 5.74) is 3.11. The molecule has 4 rings (SSSR count). The standard InChI is InChI=1S/C25H22F4IN3O4S/c26-18-12-15(30)4-5-19(18)32-24-17(25(31)34)11-14(22(28)23(24)29)10-13-2-1-3-20(21(13)27)33-38(35,36)16-6-8-37-9-7-16/h1-5,11-12,16,32-33H,6-10H2,(H2,31,34). The minimum atomic E-state index is -3.93. The summed E-state index contributed by atoms with van der Waals surface area (Å²) >= 11 is 1.87. The number of primary amides is 1. The van der Waals surface area contributed by atoms with Crippen molar-refractivity contribution in [2.45, 2.75) is 24.5 Å². The van der Waals surface area contributed by atoms with Crippen LogP contribution in [0.25, 0.3) is 0 Å². The van der Waals surface area contributed by atoms with Crippen LogP contribution in [0.2, 0.25) is 0 Å². The zero-order chi connectivity index (χ0) is 27.6. The Morgan fingerprint density at radius 2 is 1.68 bits per heavy atom. The van der Waals surface area contributed by atoms with Crippen LogP contribution in [0, 0.1) is 26.8 Å². The lowest BCUT2D eigenvalue weighted by Crippen LogP contribution is -2.33. The van der Waals surface area contributed by atoms with Gasteiger partial charge in [-0.2, -0.15) is 0 Å². The first-order chi connectivity index (χ1) is 18.0. The van der Waals surface area contributed by atoms with Crippen LogP contribution < -0.4 is 15.8 Å². The molecule has 4 N–H and O–H groups in total. The molecule has 0 unspecified atom stereocenters. The quantitative estimate of drug-likeness (QED) is 0.227. The molecule has 0 aliphatic carbocycles. The molecule has 38 heavy (non-hydrogen) atoms. The number of anilines is 3. The van der Waals surface area contributed by atoms with Crippen LogP contribution in [0.4, 0.5) is 34.6 Å². The maximum Gasteiger partial charge on any atom is 0.250 e. The Kier molecular flexibility index (Phi) is 8.47. The van der Waals surface area contributed by atoms with Gasteiger partial charge in [0.25, 0.3) is 5.91 Å². The normalized spacial score (nSPS) is 14.3. The van der Waals surface area contributed by atoms with E-state index in [4.69, 9.17) is 10.5 Å². The van der Waals surface area contributed by atoms with E-state index in [-0.39, 0.29) is 43.0 Å². The van der Waals surface area contributed by atoms with Crippen molar-refractivity contribution in [1.82, 2.24) is 0 Å². The molecule has 1 aliphatic heterocycles. The fourth-order valence-electron chi connectivity index (χ4n) is 4.07. The molecule has 0 spiro atoms. The van der Waals surface area contributed by atoms with Crippen LogP contribution in [-0.4, -0.2) is 32.8 Å². The van der Waals surface area contributed by atoms with Crippen molar-refractivity contribution in [2.75, 3.05) is 23.3 Å². The molecule has 0 bridgehead atoms.